The van der Waals surface area contributed by atoms with Crippen LogP contribution in [0.25, 0.3) is 21.6 Å². The summed E-state index contributed by atoms with van der Waals surface area (Å²) in [5.41, 5.74) is 3.05. The van der Waals surface area contributed by atoms with Gasteiger partial charge in [0.25, 0.3) is 5.56 Å². The van der Waals surface area contributed by atoms with Crippen molar-refractivity contribution < 1.29 is 14.2 Å². The molecular formula is C28H27ClN2O4S. The largest absolute Gasteiger partial charge is 0.487 e. The minimum absolute atomic E-state index is 0.0824. The van der Waals surface area contributed by atoms with Crippen LogP contribution in [0.4, 0.5) is 0 Å². The van der Waals surface area contributed by atoms with E-state index in [0.29, 0.717) is 34.9 Å². The maximum absolute atomic E-state index is 13.1. The number of nitrogens with zero attached hydrogens (tertiary/aromatic N) is 1. The molecule has 6 rings (SSSR count). The van der Waals surface area contributed by atoms with E-state index >= 15 is 0 Å². The average molecular weight is 523 g/mol. The Bertz CT molecular complexity index is 1540. The van der Waals surface area contributed by atoms with Crippen LogP contribution in [0, 0.1) is 11.3 Å². The number of thiophene rings is 1. The monoisotopic (exact) mass is 522 g/mol. The van der Waals surface area contributed by atoms with Crippen LogP contribution < -0.4 is 19.8 Å². The molecule has 1 aliphatic heterocycles. The zero-order valence-electron chi connectivity index (χ0n) is 20.4. The summed E-state index contributed by atoms with van der Waals surface area (Å²) in [4.78, 5) is 23.0. The number of ether oxygens (including phenoxy) is 3. The van der Waals surface area contributed by atoms with Crippen molar-refractivity contribution in [3.8, 4) is 28.6 Å². The highest BCUT2D eigenvalue weighted by Gasteiger charge is 2.31. The van der Waals surface area contributed by atoms with Gasteiger partial charge in [-0.2, -0.15) is 0 Å². The second-order valence-corrected chi connectivity index (χ2v) is 12.0. The third-order valence-electron chi connectivity index (χ3n) is 7.18. The summed E-state index contributed by atoms with van der Waals surface area (Å²) in [6, 6.07) is 11.2. The van der Waals surface area contributed by atoms with Crippen LogP contribution in [0.5, 0.6) is 17.2 Å². The van der Waals surface area contributed by atoms with E-state index in [4.69, 9.17) is 30.8 Å². The molecule has 0 fully saturated rings. The lowest BCUT2D eigenvalue weighted by molar-refractivity contribution is 0.174. The summed E-state index contributed by atoms with van der Waals surface area (Å²) < 4.78 is 16.7. The number of aromatic nitrogens is 2. The third kappa shape index (κ3) is 4.24. The van der Waals surface area contributed by atoms with Crippen LogP contribution in [0.3, 0.4) is 0 Å². The first kappa shape index (κ1) is 23.4. The Morgan fingerprint density at radius 1 is 1.17 bits per heavy atom. The van der Waals surface area contributed by atoms with Crippen LogP contribution in [0.2, 0.25) is 5.02 Å². The Hall–Kier alpha value is -3.03. The van der Waals surface area contributed by atoms with Crippen LogP contribution in [0.1, 0.15) is 43.2 Å². The number of aromatic amines is 1. The van der Waals surface area contributed by atoms with Gasteiger partial charge in [-0.1, -0.05) is 38.4 Å². The summed E-state index contributed by atoms with van der Waals surface area (Å²) >= 11 is 8.21. The molecule has 1 N–H and O–H groups in total. The molecule has 1 aliphatic carbocycles. The van der Waals surface area contributed by atoms with Gasteiger partial charge in [0.15, 0.2) is 11.5 Å². The number of nitrogens with one attached hydrogen (secondary N) is 1. The number of fused-ring (bicyclic) bond motifs is 4. The molecule has 2 aromatic heterocycles. The predicted octanol–water partition coefficient (Wildman–Crippen LogP) is 6.76. The molecule has 1 atom stereocenters. The fourth-order valence-electron chi connectivity index (χ4n) is 5.02. The van der Waals surface area contributed by atoms with Gasteiger partial charge in [0.1, 0.15) is 23.0 Å². The molecule has 6 nitrogen and oxygen atoms in total. The van der Waals surface area contributed by atoms with E-state index in [1.807, 2.05) is 30.3 Å². The van der Waals surface area contributed by atoms with Gasteiger partial charge in [0.2, 0.25) is 6.79 Å². The fourth-order valence-corrected chi connectivity index (χ4v) is 6.55. The number of halogens is 1. The van der Waals surface area contributed by atoms with Gasteiger partial charge in [-0.05, 0) is 72.1 Å². The van der Waals surface area contributed by atoms with Crippen molar-refractivity contribution in [3.05, 3.63) is 67.8 Å². The molecule has 1 unspecified atom stereocenters. The maximum atomic E-state index is 13.1. The molecule has 4 aromatic rings. The minimum atomic E-state index is -0.0824. The maximum Gasteiger partial charge on any atom is 0.260 e. The van der Waals surface area contributed by atoms with Crippen molar-refractivity contribution in [1.29, 1.82) is 0 Å². The number of benzene rings is 2. The van der Waals surface area contributed by atoms with E-state index in [1.165, 1.54) is 10.4 Å². The van der Waals surface area contributed by atoms with Gasteiger partial charge in [-0.25, -0.2) is 4.98 Å². The van der Waals surface area contributed by atoms with Crippen LogP contribution in [-0.2, 0) is 19.4 Å². The quantitative estimate of drug-likeness (QED) is 0.320. The summed E-state index contributed by atoms with van der Waals surface area (Å²) in [5.74, 6) is 3.14. The first-order valence-electron chi connectivity index (χ1n) is 12.1. The summed E-state index contributed by atoms with van der Waals surface area (Å²) in [5, 5.41) is 1.20. The smallest absolute Gasteiger partial charge is 0.260 e. The molecule has 0 bridgehead atoms. The van der Waals surface area contributed by atoms with Crippen LogP contribution in [-0.4, -0.2) is 16.8 Å². The van der Waals surface area contributed by atoms with Crippen molar-refractivity contribution in [3.63, 3.8) is 0 Å². The molecule has 0 saturated carbocycles. The van der Waals surface area contributed by atoms with Gasteiger partial charge in [-0.3, -0.25) is 4.79 Å². The number of H-pyrrole nitrogens is 1. The van der Waals surface area contributed by atoms with E-state index in [0.717, 1.165) is 46.4 Å². The van der Waals surface area contributed by atoms with Gasteiger partial charge < -0.3 is 19.2 Å². The molecule has 0 amide bonds. The Labute approximate surface area is 218 Å². The van der Waals surface area contributed by atoms with Gasteiger partial charge >= 0.3 is 0 Å². The van der Waals surface area contributed by atoms with Gasteiger partial charge in [0, 0.05) is 10.4 Å². The van der Waals surface area contributed by atoms with Crippen molar-refractivity contribution in [2.45, 2.75) is 46.6 Å². The highest BCUT2D eigenvalue weighted by atomic mass is 35.5. The Balaban J connectivity index is 1.24. The molecule has 186 valence electrons. The number of hydrogen-bond donors (Lipinski definition) is 1. The van der Waals surface area contributed by atoms with E-state index in [9.17, 15) is 4.79 Å². The molecule has 0 saturated heterocycles. The van der Waals surface area contributed by atoms with E-state index < -0.39 is 0 Å². The lowest BCUT2D eigenvalue weighted by atomic mass is 9.72. The molecular weight excluding hydrogens is 496 g/mol. The van der Waals surface area contributed by atoms with Crippen molar-refractivity contribution in [2.75, 3.05) is 6.79 Å². The Morgan fingerprint density at radius 3 is 2.81 bits per heavy atom. The Kier molecular flexibility index (Phi) is 5.73. The topological polar surface area (TPSA) is 73.4 Å². The average Bonchev–Trinajstić information content (AvgIpc) is 3.46. The van der Waals surface area contributed by atoms with E-state index in [2.05, 4.69) is 25.8 Å². The predicted molar refractivity (Wildman–Crippen MR) is 143 cm³/mol. The molecule has 3 heterocycles. The lowest BCUT2D eigenvalue weighted by Crippen LogP contribution is -2.26. The summed E-state index contributed by atoms with van der Waals surface area (Å²) in [6.07, 6.45) is 3.05. The first-order valence-corrected chi connectivity index (χ1v) is 13.3. The molecule has 2 aliphatic rings. The molecule has 0 radical (unpaired) electrons. The number of hydrogen-bond acceptors (Lipinski definition) is 6. The minimum Gasteiger partial charge on any atom is -0.487 e. The second-order valence-electron chi connectivity index (χ2n) is 10.5. The third-order valence-corrected chi connectivity index (χ3v) is 8.62. The zero-order chi connectivity index (χ0) is 25.0. The van der Waals surface area contributed by atoms with Crippen molar-refractivity contribution >= 4 is 33.2 Å². The summed E-state index contributed by atoms with van der Waals surface area (Å²) in [7, 11) is 0. The van der Waals surface area contributed by atoms with Crippen molar-refractivity contribution in [1.82, 2.24) is 9.97 Å². The number of rotatable bonds is 4. The highest BCUT2D eigenvalue weighted by Crippen LogP contribution is 2.42. The number of aryl methyl sites for hydroxylation is 1. The molecule has 2 aromatic carbocycles. The molecule has 36 heavy (non-hydrogen) atoms. The first-order chi connectivity index (χ1) is 17.3. The fraction of sp³-hybridized carbons (Fsp3) is 0.357. The zero-order valence-corrected chi connectivity index (χ0v) is 22.0. The Morgan fingerprint density at radius 2 is 2.00 bits per heavy atom. The lowest BCUT2D eigenvalue weighted by Gasteiger charge is -2.33. The second kappa shape index (κ2) is 8.82. The summed E-state index contributed by atoms with van der Waals surface area (Å²) in [6.45, 7) is 7.47. The molecule has 8 heteroatoms. The SMILES string of the molecule is CC(C)(C)C1CCc2c(sc3nc(-c4ccc(OCc5ccc6c(c5)OCO6)c(Cl)c4)[nH]c(=O)c23)C1. The van der Waals surface area contributed by atoms with Gasteiger partial charge in [0.05, 0.1) is 10.4 Å². The van der Waals surface area contributed by atoms with Crippen LogP contribution >= 0.6 is 22.9 Å². The molecule has 0 spiro atoms. The highest BCUT2D eigenvalue weighted by molar-refractivity contribution is 7.18. The normalized spacial score (nSPS) is 16.8. The van der Waals surface area contributed by atoms with Crippen molar-refractivity contribution in [2.24, 2.45) is 11.3 Å². The van der Waals surface area contributed by atoms with E-state index in [1.54, 1.807) is 17.4 Å². The standard InChI is InChI=1S/C28H27ClN2O4S/c1-28(2,3)17-6-7-18-23(12-17)36-27-24(18)26(32)30-25(31-27)16-5-9-20(19(29)11-16)33-13-15-4-8-21-22(10-15)35-14-34-21/h4-5,8-11,17H,6-7,12-14H2,1-3H3,(H,30,31,32). The van der Waals surface area contributed by atoms with Gasteiger partial charge in [-0.15, -0.1) is 11.3 Å². The van der Waals surface area contributed by atoms with E-state index in [-0.39, 0.29) is 17.8 Å². The van der Waals surface area contributed by atoms with Crippen LogP contribution in [0.15, 0.2) is 41.2 Å².